The molecule has 1 atom stereocenters. The number of hydrogen-bond donors (Lipinski definition) is 1. The fourth-order valence-corrected chi connectivity index (χ4v) is 4.45. The van der Waals surface area contributed by atoms with Crippen LogP contribution in [-0.4, -0.2) is 45.5 Å². The first-order chi connectivity index (χ1) is 14.9. The number of aryl methyl sites for hydroxylation is 2. The van der Waals surface area contributed by atoms with Crippen LogP contribution in [0, 0.1) is 18.7 Å². The van der Waals surface area contributed by atoms with Gasteiger partial charge in [-0.15, -0.1) is 0 Å². The van der Waals surface area contributed by atoms with Gasteiger partial charge >= 0.3 is 5.97 Å². The van der Waals surface area contributed by atoms with Crippen LogP contribution in [0.25, 0.3) is 11.0 Å². The number of fused-ring (bicyclic) bond motifs is 1. The van der Waals surface area contributed by atoms with Crippen molar-refractivity contribution in [3.8, 4) is 0 Å². The molecule has 1 N–H and O–H groups in total. The van der Waals surface area contributed by atoms with E-state index in [1.54, 1.807) is 29.9 Å². The molecular weight excluding hydrogens is 399 g/mol. The van der Waals surface area contributed by atoms with E-state index < -0.39 is 12.1 Å². The van der Waals surface area contributed by atoms with Gasteiger partial charge in [0.05, 0.1) is 29.5 Å². The van der Waals surface area contributed by atoms with Crippen molar-refractivity contribution in [3.63, 3.8) is 0 Å². The second-order valence-electron chi connectivity index (χ2n) is 7.97. The summed E-state index contributed by atoms with van der Waals surface area (Å²) in [6, 6.07) is 6.02. The number of pyridine rings is 1. The quantitative estimate of drug-likeness (QED) is 0.629. The first kappa shape index (κ1) is 21.2. The second-order valence-corrected chi connectivity index (χ2v) is 7.97. The fourth-order valence-electron chi connectivity index (χ4n) is 4.45. The normalized spacial score (nSPS) is 16.0. The summed E-state index contributed by atoms with van der Waals surface area (Å²) in [5.41, 5.74) is 3.47. The highest BCUT2D eigenvalue weighted by Crippen LogP contribution is 2.37. The molecule has 1 saturated heterocycles. The molecule has 4 rings (SSSR count). The molecule has 1 unspecified atom stereocenters. The minimum atomic E-state index is -0.648. The Hall–Kier alpha value is -3.00. The number of benzene rings is 1. The van der Waals surface area contributed by atoms with Gasteiger partial charge < -0.3 is 14.7 Å². The number of aliphatic hydroxyl groups excluding tert-OH is 1. The number of esters is 1. The summed E-state index contributed by atoms with van der Waals surface area (Å²) in [4.78, 5) is 19.3. The third-order valence-electron chi connectivity index (χ3n) is 6.01. The van der Waals surface area contributed by atoms with Gasteiger partial charge in [-0.2, -0.15) is 5.10 Å². The Bertz CT molecular complexity index is 1090. The second kappa shape index (κ2) is 8.63. The molecule has 3 aromatic rings. The summed E-state index contributed by atoms with van der Waals surface area (Å²) in [7, 11) is 1.83. The number of aromatic nitrogens is 3. The summed E-state index contributed by atoms with van der Waals surface area (Å²) in [5.74, 6) is -0.658. The number of piperidine rings is 1. The predicted molar refractivity (Wildman–Crippen MR) is 115 cm³/mol. The Morgan fingerprint density at radius 2 is 1.97 bits per heavy atom. The van der Waals surface area contributed by atoms with Crippen molar-refractivity contribution < 1.29 is 19.0 Å². The van der Waals surface area contributed by atoms with Crippen LogP contribution in [-0.2, 0) is 11.8 Å². The van der Waals surface area contributed by atoms with Crippen molar-refractivity contribution in [3.05, 3.63) is 53.1 Å². The smallest absolute Gasteiger partial charge is 0.341 e. The van der Waals surface area contributed by atoms with Crippen LogP contribution in [0.1, 0.15) is 47.5 Å². The lowest BCUT2D eigenvalue weighted by Crippen LogP contribution is -2.37. The molecule has 8 heteroatoms. The molecule has 2 aromatic heterocycles. The van der Waals surface area contributed by atoms with E-state index in [0.717, 1.165) is 35.2 Å². The van der Waals surface area contributed by atoms with E-state index in [1.165, 1.54) is 12.1 Å². The van der Waals surface area contributed by atoms with Gasteiger partial charge in [-0.05, 0) is 50.3 Å². The Morgan fingerprint density at radius 3 is 2.61 bits per heavy atom. The molecule has 31 heavy (non-hydrogen) atoms. The van der Waals surface area contributed by atoms with Gasteiger partial charge in [0, 0.05) is 26.3 Å². The molecule has 0 aliphatic carbocycles. The molecule has 1 aliphatic rings. The molecule has 1 aromatic carbocycles. The average Bonchev–Trinajstić information content (AvgIpc) is 3.07. The van der Waals surface area contributed by atoms with Gasteiger partial charge in [-0.1, -0.05) is 12.1 Å². The summed E-state index contributed by atoms with van der Waals surface area (Å²) >= 11 is 0. The molecule has 0 saturated carbocycles. The number of ether oxygens (including phenoxy) is 1. The summed E-state index contributed by atoms with van der Waals surface area (Å²) < 4.78 is 20.2. The van der Waals surface area contributed by atoms with Crippen molar-refractivity contribution in [2.24, 2.45) is 13.0 Å². The van der Waals surface area contributed by atoms with Gasteiger partial charge in [-0.3, -0.25) is 4.68 Å². The van der Waals surface area contributed by atoms with Gasteiger partial charge in [-0.25, -0.2) is 14.2 Å². The molecule has 7 nitrogen and oxygen atoms in total. The van der Waals surface area contributed by atoms with Crippen molar-refractivity contribution in [2.75, 3.05) is 24.6 Å². The minimum Gasteiger partial charge on any atom is -0.462 e. The number of hydrogen-bond acceptors (Lipinski definition) is 6. The van der Waals surface area contributed by atoms with Crippen LogP contribution < -0.4 is 4.90 Å². The highest BCUT2D eigenvalue weighted by Gasteiger charge is 2.30. The first-order valence-electron chi connectivity index (χ1n) is 10.6. The minimum absolute atomic E-state index is 0.0556. The van der Waals surface area contributed by atoms with Gasteiger partial charge in [0.2, 0.25) is 0 Å². The third kappa shape index (κ3) is 3.99. The Balaban J connectivity index is 1.62. The highest BCUT2D eigenvalue weighted by molar-refractivity contribution is 6.05. The van der Waals surface area contributed by atoms with Gasteiger partial charge in [0.25, 0.3) is 0 Å². The number of rotatable bonds is 5. The Kier molecular flexibility index (Phi) is 5.91. The van der Waals surface area contributed by atoms with Crippen LogP contribution in [0.15, 0.2) is 30.5 Å². The van der Waals surface area contributed by atoms with Crippen molar-refractivity contribution in [2.45, 2.75) is 32.8 Å². The van der Waals surface area contributed by atoms with E-state index in [1.807, 2.05) is 14.0 Å². The lowest BCUT2D eigenvalue weighted by atomic mass is 9.87. The van der Waals surface area contributed by atoms with Crippen LogP contribution in [0.5, 0.6) is 0 Å². The van der Waals surface area contributed by atoms with E-state index in [-0.39, 0.29) is 18.3 Å². The molecule has 1 aliphatic heterocycles. The van der Waals surface area contributed by atoms with Crippen molar-refractivity contribution in [1.82, 2.24) is 14.8 Å². The van der Waals surface area contributed by atoms with Crippen molar-refractivity contribution >= 4 is 22.7 Å². The molecule has 0 spiro atoms. The summed E-state index contributed by atoms with van der Waals surface area (Å²) in [5, 5.41) is 16.1. The Labute approximate surface area is 180 Å². The standard InChI is InChI=1S/C23H27FN4O3/c1-4-31-23(30)18-13-25-22-19(14(2)26-27(22)3)20(18)28-11-9-16(10-12-28)21(29)15-5-7-17(24)8-6-15/h5-8,13,16,21,29H,4,9-12H2,1-3H3. The zero-order valence-corrected chi connectivity index (χ0v) is 18.0. The molecule has 3 heterocycles. The lowest BCUT2D eigenvalue weighted by Gasteiger charge is -2.36. The summed E-state index contributed by atoms with van der Waals surface area (Å²) in [6.07, 6.45) is 2.40. The van der Waals surface area contributed by atoms with Gasteiger partial charge in [0.1, 0.15) is 11.4 Å². The SMILES string of the molecule is CCOC(=O)c1cnc2c(c(C)nn2C)c1N1CCC(C(O)c2ccc(F)cc2)CC1. The number of anilines is 1. The summed E-state index contributed by atoms with van der Waals surface area (Å²) in [6.45, 7) is 5.31. The van der Waals surface area contributed by atoms with Crippen LogP contribution in [0.3, 0.4) is 0 Å². The number of aliphatic hydroxyl groups is 1. The van der Waals surface area contributed by atoms with E-state index in [4.69, 9.17) is 4.74 Å². The number of carbonyl (C=O) groups excluding carboxylic acids is 1. The first-order valence-corrected chi connectivity index (χ1v) is 10.6. The van der Waals surface area contributed by atoms with E-state index >= 15 is 0 Å². The molecule has 0 radical (unpaired) electrons. The predicted octanol–water partition coefficient (Wildman–Crippen LogP) is 3.54. The molecule has 0 bridgehead atoms. The maximum absolute atomic E-state index is 13.2. The van der Waals surface area contributed by atoms with E-state index in [0.29, 0.717) is 24.3 Å². The lowest BCUT2D eigenvalue weighted by molar-refractivity contribution is 0.0526. The van der Waals surface area contributed by atoms with Crippen LogP contribution >= 0.6 is 0 Å². The average molecular weight is 426 g/mol. The number of halogens is 1. The largest absolute Gasteiger partial charge is 0.462 e. The zero-order chi connectivity index (χ0) is 22.1. The van der Waals surface area contributed by atoms with Crippen LogP contribution in [0.4, 0.5) is 10.1 Å². The maximum Gasteiger partial charge on any atom is 0.341 e. The Morgan fingerprint density at radius 1 is 1.29 bits per heavy atom. The number of carbonyl (C=O) groups is 1. The topological polar surface area (TPSA) is 80.5 Å². The molecule has 1 fully saturated rings. The molecule has 0 amide bonds. The van der Waals surface area contributed by atoms with Crippen LogP contribution in [0.2, 0.25) is 0 Å². The highest BCUT2D eigenvalue weighted by atomic mass is 19.1. The van der Waals surface area contributed by atoms with E-state index in [9.17, 15) is 14.3 Å². The van der Waals surface area contributed by atoms with Crippen molar-refractivity contribution in [1.29, 1.82) is 0 Å². The fraction of sp³-hybridized carbons (Fsp3) is 0.435. The maximum atomic E-state index is 13.2. The zero-order valence-electron chi connectivity index (χ0n) is 18.0. The van der Waals surface area contributed by atoms with Gasteiger partial charge in [0.15, 0.2) is 5.65 Å². The molecular formula is C23H27FN4O3. The monoisotopic (exact) mass is 426 g/mol. The molecule has 164 valence electrons. The van der Waals surface area contributed by atoms with E-state index in [2.05, 4.69) is 15.0 Å². The number of nitrogens with zero attached hydrogens (tertiary/aromatic N) is 4. The third-order valence-corrected chi connectivity index (χ3v) is 6.01.